The van der Waals surface area contributed by atoms with Crippen molar-refractivity contribution >= 4 is 17.3 Å². The molecule has 0 saturated carbocycles. The Morgan fingerprint density at radius 3 is 2.32 bits per heavy atom. The van der Waals surface area contributed by atoms with Gasteiger partial charge in [0.05, 0.1) is 24.8 Å². The summed E-state index contributed by atoms with van der Waals surface area (Å²) >= 11 is 0. The SMILES string of the molecule is C[C@@H](c1ccccc1)N1C(=O)c2ccccc2N[C@H]1c1ccc(N2CCOCC2)cc1. The second-order valence-electron chi connectivity index (χ2n) is 8.08. The normalized spacial score (nSPS) is 19.5. The molecule has 1 fully saturated rings. The second kappa shape index (κ2) is 8.44. The molecule has 5 nitrogen and oxygen atoms in total. The Bertz CT molecular complexity index is 1050. The Kier molecular flexibility index (Phi) is 5.35. The van der Waals surface area contributed by atoms with E-state index in [0.717, 1.165) is 43.1 Å². The molecule has 2 atom stereocenters. The molecule has 31 heavy (non-hydrogen) atoms. The zero-order valence-corrected chi connectivity index (χ0v) is 17.7. The van der Waals surface area contributed by atoms with Crippen LogP contribution in [0.25, 0.3) is 0 Å². The zero-order valence-electron chi connectivity index (χ0n) is 17.7. The number of morpholine rings is 1. The van der Waals surface area contributed by atoms with Crippen molar-refractivity contribution in [3.63, 3.8) is 0 Å². The van der Waals surface area contributed by atoms with Crippen LogP contribution in [0.5, 0.6) is 0 Å². The topological polar surface area (TPSA) is 44.8 Å². The monoisotopic (exact) mass is 413 g/mol. The molecule has 0 spiro atoms. The van der Waals surface area contributed by atoms with E-state index in [1.165, 1.54) is 5.69 Å². The molecule has 0 bridgehead atoms. The molecule has 2 heterocycles. The van der Waals surface area contributed by atoms with Gasteiger partial charge in [0.2, 0.25) is 0 Å². The van der Waals surface area contributed by atoms with Gasteiger partial charge in [-0.25, -0.2) is 0 Å². The summed E-state index contributed by atoms with van der Waals surface area (Å²) < 4.78 is 5.47. The number of nitrogens with one attached hydrogen (secondary N) is 1. The van der Waals surface area contributed by atoms with E-state index in [9.17, 15) is 4.79 Å². The summed E-state index contributed by atoms with van der Waals surface area (Å²) in [5.74, 6) is 0.0490. The highest BCUT2D eigenvalue weighted by molar-refractivity contribution is 6.02. The number of carbonyl (C=O) groups excluding carboxylic acids is 1. The summed E-state index contributed by atoms with van der Waals surface area (Å²) in [6.07, 6.45) is -0.239. The van der Waals surface area contributed by atoms with Crippen LogP contribution in [0.1, 0.15) is 40.6 Å². The lowest BCUT2D eigenvalue weighted by atomic mass is 9.98. The van der Waals surface area contributed by atoms with Crippen LogP contribution < -0.4 is 10.2 Å². The van der Waals surface area contributed by atoms with Crippen LogP contribution >= 0.6 is 0 Å². The third-order valence-corrected chi connectivity index (χ3v) is 6.25. The number of amides is 1. The molecule has 0 radical (unpaired) electrons. The van der Waals surface area contributed by atoms with Crippen molar-refractivity contribution in [1.82, 2.24) is 4.90 Å². The van der Waals surface area contributed by atoms with E-state index in [1.54, 1.807) is 0 Å². The molecule has 3 aromatic carbocycles. The number of rotatable bonds is 4. The predicted molar refractivity (Wildman–Crippen MR) is 123 cm³/mol. The number of hydrogen-bond acceptors (Lipinski definition) is 4. The first kappa shape index (κ1) is 19.6. The molecule has 2 aliphatic rings. The summed E-state index contributed by atoms with van der Waals surface area (Å²) in [6.45, 7) is 5.44. The van der Waals surface area contributed by atoms with Gasteiger partial charge >= 0.3 is 0 Å². The molecular weight excluding hydrogens is 386 g/mol. The first-order chi connectivity index (χ1) is 15.2. The van der Waals surface area contributed by atoms with Crippen LogP contribution in [-0.4, -0.2) is 37.1 Å². The number of fused-ring (bicyclic) bond motifs is 1. The maximum absolute atomic E-state index is 13.6. The Morgan fingerprint density at radius 1 is 0.903 bits per heavy atom. The molecule has 5 heteroatoms. The van der Waals surface area contributed by atoms with Crippen molar-refractivity contribution in [2.75, 3.05) is 36.5 Å². The summed E-state index contributed by atoms with van der Waals surface area (Å²) in [6, 6.07) is 26.5. The molecular formula is C26H27N3O2. The maximum atomic E-state index is 13.6. The minimum atomic E-state index is -0.239. The van der Waals surface area contributed by atoms with Crippen molar-refractivity contribution in [1.29, 1.82) is 0 Å². The summed E-state index contributed by atoms with van der Waals surface area (Å²) in [5, 5.41) is 3.61. The van der Waals surface area contributed by atoms with E-state index in [1.807, 2.05) is 47.4 Å². The van der Waals surface area contributed by atoms with E-state index < -0.39 is 0 Å². The van der Waals surface area contributed by atoms with Crippen LogP contribution in [0.3, 0.4) is 0 Å². The first-order valence-corrected chi connectivity index (χ1v) is 10.9. The summed E-state index contributed by atoms with van der Waals surface area (Å²) in [7, 11) is 0. The smallest absolute Gasteiger partial charge is 0.258 e. The van der Waals surface area contributed by atoms with Gasteiger partial charge in [0.15, 0.2) is 0 Å². The zero-order chi connectivity index (χ0) is 21.2. The fraction of sp³-hybridized carbons (Fsp3) is 0.269. The van der Waals surface area contributed by atoms with Crippen molar-refractivity contribution in [2.45, 2.75) is 19.1 Å². The lowest BCUT2D eigenvalue weighted by Gasteiger charge is -2.42. The molecule has 5 rings (SSSR count). The van der Waals surface area contributed by atoms with Crippen LogP contribution in [0.4, 0.5) is 11.4 Å². The minimum absolute atomic E-state index is 0.0490. The third kappa shape index (κ3) is 3.77. The molecule has 2 aliphatic heterocycles. The highest BCUT2D eigenvalue weighted by Gasteiger charge is 2.36. The quantitative estimate of drug-likeness (QED) is 0.664. The van der Waals surface area contributed by atoms with Gasteiger partial charge in [0.1, 0.15) is 6.17 Å². The van der Waals surface area contributed by atoms with Gasteiger partial charge in [-0.2, -0.15) is 0 Å². The van der Waals surface area contributed by atoms with Gasteiger partial charge in [-0.1, -0.05) is 54.6 Å². The van der Waals surface area contributed by atoms with Crippen LogP contribution in [0.15, 0.2) is 78.9 Å². The van der Waals surface area contributed by atoms with E-state index in [0.29, 0.717) is 5.56 Å². The fourth-order valence-electron chi connectivity index (χ4n) is 4.49. The molecule has 0 unspecified atom stereocenters. The van der Waals surface area contributed by atoms with Gasteiger partial charge in [-0.3, -0.25) is 4.79 Å². The van der Waals surface area contributed by atoms with E-state index in [-0.39, 0.29) is 18.1 Å². The lowest BCUT2D eigenvalue weighted by Crippen LogP contribution is -2.44. The van der Waals surface area contributed by atoms with Crippen LogP contribution in [0.2, 0.25) is 0 Å². The Balaban J connectivity index is 1.50. The van der Waals surface area contributed by atoms with Gasteiger partial charge < -0.3 is 19.9 Å². The van der Waals surface area contributed by atoms with Crippen LogP contribution in [0, 0.1) is 0 Å². The van der Waals surface area contributed by atoms with E-state index in [4.69, 9.17) is 4.74 Å². The summed E-state index contributed by atoms with van der Waals surface area (Å²) in [4.78, 5) is 17.9. The van der Waals surface area contributed by atoms with Gasteiger partial charge in [-0.05, 0) is 42.3 Å². The van der Waals surface area contributed by atoms with Crippen molar-refractivity contribution < 1.29 is 9.53 Å². The first-order valence-electron chi connectivity index (χ1n) is 10.9. The molecule has 158 valence electrons. The standard InChI is InChI=1S/C26H27N3O2/c1-19(20-7-3-2-4-8-20)29-25(27-24-10-6-5-9-23(24)26(29)30)21-11-13-22(14-12-21)28-15-17-31-18-16-28/h2-14,19,25,27H,15-18H2,1H3/t19-,25+/m0/s1. The van der Waals surface area contributed by atoms with Crippen molar-refractivity contribution in [3.05, 3.63) is 95.6 Å². The predicted octanol–water partition coefficient (Wildman–Crippen LogP) is 4.85. The molecule has 1 amide bonds. The minimum Gasteiger partial charge on any atom is -0.378 e. The van der Waals surface area contributed by atoms with Crippen molar-refractivity contribution in [2.24, 2.45) is 0 Å². The number of anilines is 2. The fourth-order valence-corrected chi connectivity index (χ4v) is 4.49. The van der Waals surface area contributed by atoms with Gasteiger partial charge in [-0.15, -0.1) is 0 Å². The second-order valence-corrected chi connectivity index (χ2v) is 8.08. The number of nitrogens with zero attached hydrogens (tertiary/aromatic N) is 2. The highest BCUT2D eigenvalue weighted by Crippen LogP contribution is 2.39. The number of carbonyl (C=O) groups is 1. The number of hydrogen-bond donors (Lipinski definition) is 1. The Hall–Kier alpha value is -3.31. The summed E-state index contributed by atoms with van der Waals surface area (Å²) in [5.41, 5.74) is 4.98. The largest absolute Gasteiger partial charge is 0.378 e. The molecule has 3 aromatic rings. The Morgan fingerprint density at radius 2 is 1.58 bits per heavy atom. The van der Waals surface area contributed by atoms with Gasteiger partial charge in [0, 0.05) is 24.5 Å². The van der Waals surface area contributed by atoms with Gasteiger partial charge in [0.25, 0.3) is 5.91 Å². The average Bonchev–Trinajstić information content (AvgIpc) is 2.85. The van der Waals surface area contributed by atoms with Crippen molar-refractivity contribution in [3.8, 4) is 0 Å². The molecule has 0 aliphatic carbocycles. The lowest BCUT2D eigenvalue weighted by molar-refractivity contribution is 0.0596. The molecule has 0 aromatic heterocycles. The maximum Gasteiger partial charge on any atom is 0.258 e. The Labute approximate surface area is 183 Å². The average molecular weight is 414 g/mol. The molecule has 1 N–H and O–H groups in total. The van der Waals surface area contributed by atoms with E-state index in [2.05, 4.69) is 53.5 Å². The molecule has 1 saturated heterocycles. The third-order valence-electron chi connectivity index (χ3n) is 6.25. The van der Waals surface area contributed by atoms with E-state index >= 15 is 0 Å². The number of para-hydroxylation sites is 1. The van der Waals surface area contributed by atoms with Crippen LogP contribution in [-0.2, 0) is 4.74 Å². The highest BCUT2D eigenvalue weighted by atomic mass is 16.5. The number of benzene rings is 3. The number of ether oxygens (including phenoxy) is 1.